The second-order valence-corrected chi connectivity index (χ2v) is 7.07. The molecule has 0 atom stereocenters. The third-order valence-corrected chi connectivity index (χ3v) is 5.34. The third kappa shape index (κ3) is 3.52. The Balaban J connectivity index is 1.83. The summed E-state index contributed by atoms with van der Waals surface area (Å²) in [6.07, 6.45) is 0. The lowest BCUT2D eigenvalue weighted by Gasteiger charge is -2.03. The Morgan fingerprint density at radius 2 is 2.03 bits per heavy atom. The standard InChI is InChI=1S/C20H15FN2O5S/c1-26-14-5-3-4-11-8-15(28-18(11)14)19(25)22-20-23(10-17(24)27-2)13-7-6-12(21)9-16(13)29-20/h3-9H,10H2,1-2H3. The molecule has 2 aromatic heterocycles. The molecule has 0 fully saturated rings. The summed E-state index contributed by atoms with van der Waals surface area (Å²) in [7, 11) is 2.77. The number of ether oxygens (including phenoxy) is 2. The van der Waals surface area contributed by atoms with Crippen molar-refractivity contribution in [3.8, 4) is 5.75 Å². The monoisotopic (exact) mass is 414 g/mol. The van der Waals surface area contributed by atoms with Crippen molar-refractivity contribution in [3.63, 3.8) is 0 Å². The highest BCUT2D eigenvalue weighted by atomic mass is 32.1. The maximum absolute atomic E-state index is 13.6. The van der Waals surface area contributed by atoms with Gasteiger partial charge in [0.25, 0.3) is 0 Å². The van der Waals surface area contributed by atoms with E-state index in [1.165, 1.54) is 37.0 Å². The molecule has 2 aromatic carbocycles. The lowest BCUT2D eigenvalue weighted by atomic mass is 10.2. The van der Waals surface area contributed by atoms with Gasteiger partial charge in [-0.25, -0.2) is 4.39 Å². The van der Waals surface area contributed by atoms with Gasteiger partial charge in [-0.2, -0.15) is 4.99 Å². The average molecular weight is 414 g/mol. The predicted molar refractivity (Wildman–Crippen MR) is 104 cm³/mol. The van der Waals surface area contributed by atoms with Crippen LogP contribution in [0.3, 0.4) is 0 Å². The maximum Gasteiger partial charge on any atom is 0.325 e. The number of hydrogen-bond acceptors (Lipinski definition) is 6. The number of amides is 1. The number of hydrogen-bond donors (Lipinski definition) is 0. The summed E-state index contributed by atoms with van der Waals surface area (Å²) >= 11 is 1.09. The molecule has 148 valence electrons. The molecule has 1 amide bonds. The van der Waals surface area contributed by atoms with Crippen LogP contribution in [0.1, 0.15) is 10.6 Å². The van der Waals surface area contributed by atoms with Gasteiger partial charge in [-0.1, -0.05) is 23.5 Å². The highest BCUT2D eigenvalue weighted by Crippen LogP contribution is 2.28. The molecule has 4 aromatic rings. The first-order valence-corrected chi connectivity index (χ1v) is 9.33. The van der Waals surface area contributed by atoms with Gasteiger partial charge in [0.05, 0.1) is 24.4 Å². The van der Waals surface area contributed by atoms with Crippen LogP contribution in [-0.4, -0.2) is 30.7 Å². The van der Waals surface area contributed by atoms with Crippen molar-refractivity contribution in [3.05, 3.63) is 58.8 Å². The Bertz CT molecular complexity index is 1320. The van der Waals surface area contributed by atoms with Gasteiger partial charge < -0.3 is 18.5 Å². The van der Waals surface area contributed by atoms with Gasteiger partial charge in [-0.3, -0.25) is 9.59 Å². The van der Waals surface area contributed by atoms with Crippen LogP contribution in [0, 0.1) is 5.82 Å². The summed E-state index contributed by atoms with van der Waals surface area (Å²) in [4.78, 5) is 28.9. The number of fused-ring (bicyclic) bond motifs is 2. The van der Waals surface area contributed by atoms with Crippen LogP contribution in [-0.2, 0) is 16.1 Å². The molecule has 0 spiro atoms. The lowest BCUT2D eigenvalue weighted by Crippen LogP contribution is -2.22. The Kier molecular flexibility index (Phi) is 4.89. The molecule has 0 radical (unpaired) electrons. The van der Waals surface area contributed by atoms with Crippen LogP contribution >= 0.6 is 11.3 Å². The summed E-state index contributed by atoms with van der Waals surface area (Å²) < 4.78 is 31.3. The molecule has 0 aliphatic heterocycles. The summed E-state index contributed by atoms with van der Waals surface area (Å²) in [6.45, 7) is -0.164. The first-order chi connectivity index (χ1) is 14.0. The number of nitrogens with zero attached hydrogens (tertiary/aromatic N) is 2. The molecule has 0 saturated heterocycles. The Hall–Kier alpha value is -3.46. The number of esters is 1. The number of halogens is 1. The van der Waals surface area contributed by atoms with Crippen molar-refractivity contribution < 1.29 is 27.9 Å². The second-order valence-electron chi connectivity index (χ2n) is 6.07. The molecule has 0 aliphatic rings. The number of rotatable bonds is 4. The molecule has 0 N–H and O–H groups in total. The van der Waals surface area contributed by atoms with Crippen molar-refractivity contribution >= 4 is 44.4 Å². The smallest absolute Gasteiger partial charge is 0.325 e. The zero-order valence-corrected chi connectivity index (χ0v) is 16.3. The normalized spacial score (nSPS) is 11.9. The van der Waals surface area contributed by atoms with Crippen LogP contribution < -0.4 is 9.54 Å². The van der Waals surface area contributed by atoms with Gasteiger partial charge in [0.2, 0.25) is 0 Å². The van der Waals surface area contributed by atoms with Crippen LogP contribution in [0.2, 0.25) is 0 Å². The number of furan rings is 1. The summed E-state index contributed by atoms with van der Waals surface area (Å²) in [5.41, 5.74) is 1.01. The lowest BCUT2D eigenvalue weighted by molar-refractivity contribution is -0.141. The van der Waals surface area contributed by atoms with E-state index in [0.29, 0.717) is 26.9 Å². The maximum atomic E-state index is 13.6. The minimum atomic E-state index is -0.631. The van der Waals surface area contributed by atoms with Crippen molar-refractivity contribution in [2.24, 2.45) is 4.99 Å². The number of methoxy groups -OCH3 is 2. The quantitative estimate of drug-likeness (QED) is 0.477. The van der Waals surface area contributed by atoms with Gasteiger partial charge in [-0.15, -0.1) is 0 Å². The van der Waals surface area contributed by atoms with Crippen LogP contribution in [0.15, 0.2) is 51.9 Å². The molecule has 0 saturated carbocycles. The first kappa shape index (κ1) is 18.9. The van der Waals surface area contributed by atoms with E-state index >= 15 is 0 Å². The number of aromatic nitrogens is 1. The number of carbonyl (C=O) groups excluding carboxylic acids is 2. The van der Waals surface area contributed by atoms with Crippen molar-refractivity contribution in [1.82, 2.24) is 4.57 Å². The number of para-hydroxylation sites is 1. The van der Waals surface area contributed by atoms with Gasteiger partial charge in [0.15, 0.2) is 21.9 Å². The van der Waals surface area contributed by atoms with E-state index in [1.807, 2.05) is 0 Å². The van der Waals surface area contributed by atoms with E-state index in [1.54, 1.807) is 24.3 Å². The minimum Gasteiger partial charge on any atom is -0.493 e. The van der Waals surface area contributed by atoms with E-state index in [2.05, 4.69) is 4.99 Å². The average Bonchev–Trinajstić information content (AvgIpc) is 3.29. The molecule has 9 heteroatoms. The fourth-order valence-corrected chi connectivity index (χ4v) is 3.98. The predicted octanol–water partition coefficient (Wildman–Crippen LogP) is 3.51. The molecule has 29 heavy (non-hydrogen) atoms. The Morgan fingerprint density at radius 3 is 2.79 bits per heavy atom. The SMILES string of the molecule is COC(=O)Cn1c(=NC(=O)c2cc3cccc(OC)c3o2)sc2cc(F)ccc21. The van der Waals surface area contributed by atoms with Crippen molar-refractivity contribution in [1.29, 1.82) is 0 Å². The molecule has 2 heterocycles. The van der Waals surface area contributed by atoms with Gasteiger partial charge in [0, 0.05) is 5.39 Å². The second kappa shape index (κ2) is 7.51. The van der Waals surface area contributed by atoms with Gasteiger partial charge in [-0.05, 0) is 30.3 Å². The number of benzene rings is 2. The third-order valence-electron chi connectivity index (χ3n) is 4.30. The highest BCUT2D eigenvalue weighted by molar-refractivity contribution is 7.16. The minimum absolute atomic E-state index is 0.0257. The molecule has 7 nitrogen and oxygen atoms in total. The summed E-state index contributed by atoms with van der Waals surface area (Å²) in [5, 5.41) is 0.698. The van der Waals surface area contributed by atoms with Gasteiger partial charge in [0.1, 0.15) is 12.4 Å². The highest BCUT2D eigenvalue weighted by Gasteiger charge is 2.17. The molecule has 0 unspecified atom stereocenters. The molecular weight excluding hydrogens is 399 g/mol. The van der Waals surface area contributed by atoms with Crippen LogP contribution in [0.25, 0.3) is 21.2 Å². The topological polar surface area (TPSA) is 83.0 Å². The Labute approximate surface area is 167 Å². The zero-order valence-electron chi connectivity index (χ0n) is 15.5. The van der Waals surface area contributed by atoms with Crippen LogP contribution in [0.4, 0.5) is 4.39 Å². The summed E-state index contributed by atoms with van der Waals surface area (Å²) in [5.74, 6) is -1.05. The van der Waals surface area contributed by atoms with E-state index in [4.69, 9.17) is 13.9 Å². The number of thiazole rings is 1. The molecule has 0 bridgehead atoms. The zero-order chi connectivity index (χ0) is 20.5. The fourth-order valence-electron chi connectivity index (χ4n) is 2.92. The molecular formula is C20H15FN2O5S. The van der Waals surface area contributed by atoms with Gasteiger partial charge >= 0.3 is 11.9 Å². The Morgan fingerprint density at radius 1 is 1.21 bits per heavy atom. The fraction of sp³-hybridized carbons (Fsp3) is 0.150. The van der Waals surface area contributed by atoms with E-state index in [-0.39, 0.29) is 17.1 Å². The molecule has 0 aliphatic carbocycles. The van der Waals surface area contributed by atoms with E-state index < -0.39 is 17.7 Å². The molecule has 4 rings (SSSR count). The summed E-state index contributed by atoms with van der Waals surface area (Å²) in [6, 6.07) is 11.0. The van der Waals surface area contributed by atoms with E-state index in [0.717, 1.165) is 11.3 Å². The van der Waals surface area contributed by atoms with E-state index in [9.17, 15) is 14.0 Å². The van der Waals surface area contributed by atoms with Crippen molar-refractivity contribution in [2.45, 2.75) is 6.54 Å². The largest absolute Gasteiger partial charge is 0.493 e. The van der Waals surface area contributed by atoms with Crippen molar-refractivity contribution in [2.75, 3.05) is 14.2 Å². The van der Waals surface area contributed by atoms with Crippen LogP contribution in [0.5, 0.6) is 5.75 Å². The first-order valence-electron chi connectivity index (χ1n) is 8.51. The number of carbonyl (C=O) groups is 2.